The SMILES string of the molecule is CCSC1=C(C#N)C(c2ccccc2Cl)C(C(C)=O)=C(C)N1. The molecule has 1 aliphatic rings. The van der Waals surface area contributed by atoms with Crippen LogP contribution in [0.15, 0.2) is 46.1 Å². The third-order valence-corrected chi connectivity index (χ3v) is 4.78. The molecule has 0 aliphatic carbocycles. The lowest BCUT2D eigenvalue weighted by atomic mass is 9.81. The Morgan fingerprint density at radius 3 is 2.68 bits per heavy atom. The lowest BCUT2D eigenvalue weighted by molar-refractivity contribution is -0.113. The average molecular weight is 333 g/mol. The van der Waals surface area contributed by atoms with Crippen LogP contribution in [0.3, 0.4) is 0 Å². The molecule has 1 aromatic rings. The second-order valence-electron chi connectivity index (χ2n) is 4.96. The van der Waals surface area contributed by atoms with Crippen LogP contribution in [-0.4, -0.2) is 11.5 Å². The Morgan fingerprint density at radius 1 is 1.45 bits per heavy atom. The topological polar surface area (TPSA) is 52.9 Å². The fourth-order valence-corrected chi connectivity index (χ4v) is 3.74. The Labute approximate surface area is 140 Å². The van der Waals surface area contributed by atoms with E-state index < -0.39 is 5.92 Å². The van der Waals surface area contributed by atoms with Crippen molar-refractivity contribution in [2.45, 2.75) is 26.7 Å². The molecule has 3 nitrogen and oxygen atoms in total. The standard InChI is InChI=1S/C17H17ClN2OS/c1-4-22-17-13(9-19)16(12-7-5-6-8-14(12)18)15(11(3)21)10(2)20-17/h5-8,16,20H,4H2,1-3H3. The first-order valence-electron chi connectivity index (χ1n) is 7.01. The smallest absolute Gasteiger partial charge is 0.158 e. The molecule has 5 heteroatoms. The van der Waals surface area contributed by atoms with Crippen molar-refractivity contribution in [3.63, 3.8) is 0 Å². The van der Waals surface area contributed by atoms with Gasteiger partial charge in [0.15, 0.2) is 5.78 Å². The molecule has 0 fully saturated rings. The van der Waals surface area contributed by atoms with Crippen molar-refractivity contribution in [3.8, 4) is 6.07 Å². The first kappa shape index (κ1) is 16.7. The Balaban J connectivity index is 2.70. The van der Waals surface area contributed by atoms with Gasteiger partial charge in [0.2, 0.25) is 0 Å². The summed E-state index contributed by atoms with van der Waals surface area (Å²) in [5.41, 5.74) is 2.73. The molecule has 1 heterocycles. The molecule has 1 unspecified atom stereocenters. The van der Waals surface area contributed by atoms with Crippen LogP contribution in [0.25, 0.3) is 0 Å². The number of thioether (sulfide) groups is 1. The Bertz CT molecular complexity index is 716. The number of nitrogens with one attached hydrogen (secondary N) is 1. The van der Waals surface area contributed by atoms with Gasteiger partial charge in [0.05, 0.1) is 22.6 Å². The number of dihydropyridines is 1. The van der Waals surface area contributed by atoms with Gasteiger partial charge in [0.25, 0.3) is 0 Å². The normalized spacial score (nSPS) is 18.0. The van der Waals surface area contributed by atoms with E-state index in [4.69, 9.17) is 11.6 Å². The maximum absolute atomic E-state index is 12.2. The molecule has 1 aromatic carbocycles. The fraction of sp³-hybridized carbons (Fsp3) is 0.294. The number of allylic oxidation sites excluding steroid dienone is 3. The number of hydrogen-bond acceptors (Lipinski definition) is 4. The molecule has 0 saturated heterocycles. The van der Waals surface area contributed by atoms with E-state index >= 15 is 0 Å². The van der Waals surface area contributed by atoms with E-state index in [0.29, 0.717) is 16.2 Å². The summed E-state index contributed by atoms with van der Waals surface area (Å²) in [6.45, 7) is 5.42. The Kier molecular flexibility index (Phi) is 5.33. The molecule has 22 heavy (non-hydrogen) atoms. The zero-order valence-corrected chi connectivity index (χ0v) is 14.3. The summed E-state index contributed by atoms with van der Waals surface area (Å²) in [5, 5.41) is 14.2. The van der Waals surface area contributed by atoms with Crippen molar-refractivity contribution in [2.75, 3.05) is 5.75 Å². The van der Waals surface area contributed by atoms with Crippen LogP contribution in [0.5, 0.6) is 0 Å². The summed E-state index contributed by atoms with van der Waals surface area (Å²) in [4.78, 5) is 12.2. The van der Waals surface area contributed by atoms with E-state index in [1.54, 1.807) is 17.8 Å². The van der Waals surface area contributed by atoms with Gasteiger partial charge in [-0.2, -0.15) is 5.26 Å². The number of rotatable bonds is 4. The minimum absolute atomic E-state index is 0.0526. The van der Waals surface area contributed by atoms with Crippen molar-refractivity contribution >= 4 is 29.1 Å². The minimum atomic E-state index is -0.411. The van der Waals surface area contributed by atoms with Crippen LogP contribution in [0.2, 0.25) is 5.02 Å². The van der Waals surface area contributed by atoms with E-state index in [9.17, 15) is 10.1 Å². The monoisotopic (exact) mass is 332 g/mol. The van der Waals surface area contributed by atoms with Crippen LogP contribution >= 0.6 is 23.4 Å². The third-order valence-electron chi connectivity index (χ3n) is 3.53. The zero-order valence-electron chi connectivity index (χ0n) is 12.7. The van der Waals surface area contributed by atoms with Gasteiger partial charge in [0.1, 0.15) is 0 Å². The van der Waals surface area contributed by atoms with Gasteiger partial charge in [-0.1, -0.05) is 36.7 Å². The molecule has 0 bridgehead atoms. The van der Waals surface area contributed by atoms with Gasteiger partial charge < -0.3 is 5.32 Å². The molecular weight excluding hydrogens is 316 g/mol. The molecule has 0 aromatic heterocycles. The average Bonchev–Trinajstić information content (AvgIpc) is 2.47. The number of carbonyl (C=O) groups is 1. The molecule has 0 amide bonds. The lowest BCUT2D eigenvalue weighted by Gasteiger charge is -2.29. The van der Waals surface area contributed by atoms with Crippen LogP contribution in [0.4, 0.5) is 0 Å². The van der Waals surface area contributed by atoms with Crippen LogP contribution < -0.4 is 5.32 Å². The quantitative estimate of drug-likeness (QED) is 0.889. The second-order valence-corrected chi connectivity index (χ2v) is 6.64. The lowest BCUT2D eigenvalue weighted by Crippen LogP contribution is -2.27. The summed E-state index contributed by atoms with van der Waals surface area (Å²) in [5.74, 6) is 0.376. The van der Waals surface area contributed by atoms with Crippen molar-refractivity contribution in [2.24, 2.45) is 0 Å². The van der Waals surface area contributed by atoms with Crippen molar-refractivity contribution in [1.82, 2.24) is 5.32 Å². The first-order chi connectivity index (χ1) is 10.5. The van der Waals surface area contributed by atoms with E-state index in [-0.39, 0.29) is 5.78 Å². The number of carbonyl (C=O) groups excluding carboxylic acids is 1. The Morgan fingerprint density at radius 2 is 2.14 bits per heavy atom. The maximum Gasteiger partial charge on any atom is 0.158 e. The molecule has 1 atom stereocenters. The summed E-state index contributed by atoms with van der Waals surface area (Å²) >= 11 is 7.89. The first-order valence-corrected chi connectivity index (χ1v) is 8.37. The molecule has 1 N–H and O–H groups in total. The number of nitrogens with zero attached hydrogens (tertiary/aromatic N) is 1. The van der Waals surface area contributed by atoms with Gasteiger partial charge in [0, 0.05) is 16.3 Å². The van der Waals surface area contributed by atoms with Gasteiger partial charge in [-0.15, -0.1) is 11.8 Å². The predicted molar refractivity (Wildman–Crippen MR) is 91.5 cm³/mol. The molecule has 0 saturated carbocycles. The molecular formula is C17H17ClN2OS. The summed E-state index contributed by atoms with van der Waals surface area (Å²) in [6.07, 6.45) is 0. The van der Waals surface area contributed by atoms with E-state index in [2.05, 4.69) is 11.4 Å². The largest absolute Gasteiger partial charge is 0.353 e. The number of hydrogen-bond donors (Lipinski definition) is 1. The highest BCUT2D eigenvalue weighted by Gasteiger charge is 2.33. The highest BCUT2D eigenvalue weighted by Crippen LogP contribution is 2.42. The van der Waals surface area contributed by atoms with E-state index in [1.807, 2.05) is 32.0 Å². The fourth-order valence-electron chi connectivity index (χ4n) is 2.66. The minimum Gasteiger partial charge on any atom is -0.353 e. The number of ketones is 1. The van der Waals surface area contributed by atoms with Crippen LogP contribution in [0.1, 0.15) is 32.3 Å². The summed E-state index contributed by atoms with van der Waals surface area (Å²) in [7, 11) is 0. The maximum atomic E-state index is 12.2. The van der Waals surface area contributed by atoms with Crippen LogP contribution in [-0.2, 0) is 4.79 Å². The van der Waals surface area contributed by atoms with E-state index in [1.165, 1.54) is 6.92 Å². The van der Waals surface area contributed by atoms with Gasteiger partial charge in [-0.25, -0.2) is 0 Å². The van der Waals surface area contributed by atoms with Gasteiger partial charge >= 0.3 is 0 Å². The summed E-state index contributed by atoms with van der Waals surface area (Å²) in [6, 6.07) is 9.65. The Hall–Kier alpha value is -1.70. The predicted octanol–water partition coefficient (Wildman–Crippen LogP) is 4.38. The highest BCUT2D eigenvalue weighted by atomic mass is 35.5. The molecule has 2 rings (SSSR count). The highest BCUT2D eigenvalue weighted by molar-refractivity contribution is 8.03. The number of Topliss-reactive ketones (excluding diaryl/α,β-unsaturated/α-hetero) is 1. The van der Waals surface area contributed by atoms with Gasteiger partial charge in [-0.3, -0.25) is 4.79 Å². The van der Waals surface area contributed by atoms with Crippen LogP contribution in [0, 0.1) is 11.3 Å². The van der Waals surface area contributed by atoms with E-state index in [0.717, 1.165) is 22.0 Å². The van der Waals surface area contributed by atoms with Gasteiger partial charge in [-0.05, 0) is 31.2 Å². The van der Waals surface area contributed by atoms with Crippen molar-refractivity contribution in [1.29, 1.82) is 5.26 Å². The number of halogens is 1. The summed E-state index contributed by atoms with van der Waals surface area (Å²) < 4.78 is 0. The molecule has 114 valence electrons. The molecule has 0 spiro atoms. The number of nitriles is 1. The zero-order chi connectivity index (χ0) is 16.3. The second kappa shape index (κ2) is 7.04. The number of benzene rings is 1. The van der Waals surface area contributed by atoms with Crippen molar-refractivity contribution in [3.05, 3.63) is 56.7 Å². The third kappa shape index (κ3) is 3.06. The van der Waals surface area contributed by atoms with Crippen molar-refractivity contribution < 1.29 is 4.79 Å². The molecule has 0 radical (unpaired) electrons. The molecule has 1 aliphatic heterocycles.